The summed E-state index contributed by atoms with van der Waals surface area (Å²) >= 11 is 13.7. The third-order valence-corrected chi connectivity index (χ3v) is 4.59. The van der Waals surface area contributed by atoms with Crippen LogP contribution in [0.3, 0.4) is 0 Å². The van der Waals surface area contributed by atoms with Gasteiger partial charge in [0, 0.05) is 5.38 Å². The number of hydrogen-bond donors (Lipinski definition) is 1. The van der Waals surface area contributed by atoms with E-state index in [-0.39, 0.29) is 0 Å². The molecule has 0 aliphatic carbocycles. The zero-order chi connectivity index (χ0) is 16.4. The SMILES string of the molecule is CCOC(=O)c1csc2ncnc(Nc3c(Cl)cccc3Cl)c12. The van der Waals surface area contributed by atoms with Gasteiger partial charge in [-0.2, -0.15) is 0 Å². The zero-order valence-electron chi connectivity index (χ0n) is 12.0. The quantitative estimate of drug-likeness (QED) is 0.663. The minimum absolute atomic E-state index is 0.295. The number of para-hydroxylation sites is 1. The number of hydrogen-bond acceptors (Lipinski definition) is 6. The first-order valence-corrected chi connectivity index (χ1v) is 8.35. The molecule has 23 heavy (non-hydrogen) atoms. The number of aromatic nitrogens is 2. The molecule has 8 heteroatoms. The number of thiophene rings is 1. The first kappa shape index (κ1) is 16.0. The van der Waals surface area contributed by atoms with Gasteiger partial charge >= 0.3 is 5.97 Å². The van der Waals surface area contributed by atoms with Crippen molar-refractivity contribution in [2.45, 2.75) is 6.92 Å². The Morgan fingerprint density at radius 2 is 2.04 bits per heavy atom. The molecule has 0 bridgehead atoms. The van der Waals surface area contributed by atoms with Crippen molar-refractivity contribution in [1.82, 2.24) is 9.97 Å². The highest BCUT2D eigenvalue weighted by molar-refractivity contribution is 7.17. The van der Waals surface area contributed by atoms with Crippen molar-refractivity contribution in [1.29, 1.82) is 0 Å². The largest absolute Gasteiger partial charge is 0.462 e. The van der Waals surface area contributed by atoms with Gasteiger partial charge in [0.25, 0.3) is 0 Å². The first-order valence-electron chi connectivity index (χ1n) is 6.72. The molecule has 2 aromatic heterocycles. The summed E-state index contributed by atoms with van der Waals surface area (Å²) in [5, 5.41) is 6.30. The fourth-order valence-corrected chi connectivity index (χ4v) is 3.43. The van der Waals surface area contributed by atoms with Crippen LogP contribution in [0.2, 0.25) is 10.0 Å². The normalized spacial score (nSPS) is 10.7. The van der Waals surface area contributed by atoms with Crippen LogP contribution in [0, 0.1) is 0 Å². The fourth-order valence-electron chi connectivity index (χ4n) is 2.06. The van der Waals surface area contributed by atoms with Gasteiger partial charge in [0.2, 0.25) is 0 Å². The number of carbonyl (C=O) groups is 1. The number of nitrogens with zero attached hydrogens (tertiary/aromatic N) is 2. The van der Waals surface area contributed by atoms with E-state index in [1.165, 1.54) is 17.7 Å². The molecule has 2 heterocycles. The van der Waals surface area contributed by atoms with Gasteiger partial charge in [0.15, 0.2) is 0 Å². The number of benzene rings is 1. The van der Waals surface area contributed by atoms with Crippen molar-refractivity contribution in [3.05, 3.63) is 45.5 Å². The molecule has 0 unspecified atom stereocenters. The Kier molecular flexibility index (Phi) is 4.66. The number of ether oxygens (including phenoxy) is 1. The fraction of sp³-hybridized carbons (Fsp3) is 0.133. The van der Waals surface area contributed by atoms with Crippen LogP contribution in [0.5, 0.6) is 0 Å². The predicted molar refractivity (Wildman–Crippen MR) is 93.1 cm³/mol. The highest BCUT2D eigenvalue weighted by Gasteiger charge is 2.19. The van der Waals surface area contributed by atoms with Crippen molar-refractivity contribution in [3.63, 3.8) is 0 Å². The molecular formula is C15H11Cl2N3O2S. The number of halogens is 2. The van der Waals surface area contributed by atoms with E-state index in [1.807, 2.05) is 0 Å². The van der Waals surface area contributed by atoms with Crippen LogP contribution in [0.1, 0.15) is 17.3 Å². The Morgan fingerprint density at radius 3 is 2.74 bits per heavy atom. The van der Waals surface area contributed by atoms with Gasteiger partial charge in [-0.05, 0) is 19.1 Å². The number of nitrogens with one attached hydrogen (secondary N) is 1. The van der Waals surface area contributed by atoms with Crippen molar-refractivity contribution in [2.75, 3.05) is 11.9 Å². The first-order chi connectivity index (χ1) is 11.1. The summed E-state index contributed by atoms with van der Waals surface area (Å²) in [4.78, 5) is 21.2. The van der Waals surface area contributed by atoms with E-state index in [0.717, 1.165) is 0 Å². The van der Waals surface area contributed by atoms with Gasteiger partial charge in [-0.25, -0.2) is 14.8 Å². The summed E-state index contributed by atoms with van der Waals surface area (Å²) in [5.41, 5.74) is 0.940. The van der Waals surface area contributed by atoms with Gasteiger partial charge in [0.1, 0.15) is 17.0 Å². The topological polar surface area (TPSA) is 64.1 Å². The molecule has 0 radical (unpaired) electrons. The molecule has 3 rings (SSSR count). The van der Waals surface area contributed by atoms with E-state index in [0.29, 0.717) is 43.9 Å². The van der Waals surface area contributed by atoms with Gasteiger partial charge in [0.05, 0.1) is 33.3 Å². The number of carbonyl (C=O) groups excluding carboxylic acids is 1. The molecule has 0 saturated carbocycles. The van der Waals surface area contributed by atoms with Crippen LogP contribution in [-0.2, 0) is 4.74 Å². The molecule has 118 valence electrons. The van der Waals surface area contributed by atoms with Crippen molar-refractivity contribution < 1.29 is 9.53 Å². The summed E-state index contributed by atoms with van der Waals surface area (Å²) in [7, 11) is 0. The molecule has 0 atom stereocenters. The van der Waals surface area contributed by atoms with Crippen LogP contribution in [0.25, 0.3) is 10.2 Å². The zero-order valence-corrected chi connectivity index (χ0v) is 14.3. The van der Waals surface area contributed by atoms with E-state index in [4.69, 9.17) is 27.9 Å². The van der Waals surface area contributed by atoms with Crippen molar-refractivity contribution in [2.24, 2.45) is 0 Å². The number of anilines is 2. The molecule has 0 spiro atoms. The van der Waals surface area contributed by atoms with Gasteiger partial charge in [-0.1, -0.05) is 29.3 Å². The third-order valence-electron chi connectivity index (χ3n) is 3.07. The van der Waals surface area contributed by atoms with Crippen LogP contribution in [-0.4, -0.2) is 22.5 Å². The summed E-state index contributed by atoms with van der Waals surface area (Å²) in [5.74, 6) is 0.0381. The molecule has 1 N–H and O–H groups in total. The second-order valence-electron chi connectivity index (χ2n) is 4.49. The van der Waals surface area contributed by atoms with E-state index in [1.54, 1.807) is 30.5 Å². The summed E-state index contributed by atoms with van der Waals surface area (Å²) in [6.07, 6.45) is 1.42. The minimum atomic E-state index is -0.415. The lowest BCUT2D eigenvalue weighted by Gasteiger charge is -2.11. The molecule has 0 fully saturated rings. The summed E-state index contributed by atoms with van der Waals surface area (Å²) in [6, 6.07) is 5.18. The summed E-state index contributed by atoms with van der Waals surface area (Å²) < 4.78 is 5.08. The molecule has 5 nitrogen and oxygen atoms in total. The third kappa shape index (κ3) is 3.10. The average Bonchev–Trinajstić information content (AvgIpc) is 2.96. The number of rotatable bonds is 4. The Hall–Kier alpha value is -1.89. The van der Waals surface area contributed by atoms with Gasteiger partial charge in [-0.15, -0.1) is 11.3 Å². The summed E-state index contributed by atoms with van der Waals surface area (Å²) in [6.45, 7) is 2.05. The maximum absolute atomic E-state index is 12.1. The second kappa shape index (κ2) is 6.70. The van der Waals surface area contributed by atoms with E-state index < -0.39 is 5.97 Å². The standard InChI is InChI=1S/C15H11Cl2N3O2S/c1-2-22-15(21)8-6-23-14-11(8)13(18-7-19-14)20-12-9(16)4-3-5-10(12)17/h3-7H,2H2,1H3,(H,18,19,20). The molecule has 0 saturated heterocycles. The lowest BCUT2D eigenvalue weighted by atomic mass is 10.2. The Labute approximate surface area is 146 Å². The molecule has 0 aliphatic rings. The number of fused-ring (bicyclic) bond motifs is 1. The minimum Gasteiger partial charge on any atom is -0.462 e. The predicted octanol–water partition coefficient (Wildman–Crippen LogP) is 4.92. The lowest BCUT2D eigenvalue weighted by Crippen LogP contribution is -2.05. The van der Waals surface area contributed by atoms with Crippen LogP contribution in [0.15, 0.2) is 29.9 Å². The van der Waals surface area contributed by atoms with Crippen LogP contribution < -0.4 is 5.32 Å². The molecule has 3 aromatic rings. The number of esters is 1. The van der Waals surface area contributed by atoms with E-state index in [9.17, 15) is 4.79 Å². The Balaban J connectivity index is 2.11. The Morgan fingerprint density at radius 1 is 1.30 bits per heavy atom. The maximum Gasteiger partial charge on any atom is 0.339 e. The second-order valence-corrected chi connectivity index (χ2v) is 6.17. The average molecular weight is 368 g/mol. The van der Waals surface area contributed by atoms with Crippen molar-refractivity contribution >= 4 is 62.2 Å². The highest BCUT2D eigenvalue weighted by atomic mass is 35.5. The van der Waals surface area contributed by atoms with Gasteiger partial charge in [-0.3, -0.25) is 0 Å². The van der Waals surface area contributed by atoms with E-state index >= 15 is 0 Å². The molecule has 0 aliphatic heterocycles. The lowest BCUT2D eigenvalue weighted by molar-refractivity contribution is 0.0529. The van der Waals surface area contributed by atoms with E-state index in [2.05, 4.69) is 15.3 Å². The molecular weight excluding hydrogens is 357 g/mol. The monoisotopic (exact) mass is 367 g/mol. The highest BCUT2D eigenvalue weighted by Crippen LogP contribution is 2.36. The van der Waals surface area contributed by atoms with Crippen LogP contribution in [0.4, 0.5) is 11.5 Å². The Bertz CT molecular complexity index is 862. The smallest absolute Gasteiger partial charge is 0.339 e. The molecule has 0 amide bonds. The molecule has 1 aromatic carbocycles. The maximum atomic E-state index is 12.1. The van der Waals surface area contributed by atoms with Gasteiger partial charge < -0.3 is 10.1 Å². The van der Waals surface area contributed by atoms with Crippen molar-refractivity contribution in [3.8, 4) is 0 Å². The van der Waals surface area contributed by atoms with Crippen LogP contribution >= 0.6 is 34.5 Å².